The molecule has 0 spiro atoms. The zero-order chi connectivity index (χ0) is 23.5. The molecule has 0 radical (unpaired) electrons. The van der Waals surface area contributed by atoms with Gasteiger partial charge in [0, 0.05) is 39.1 Å². The van der Waals surface area contributed by atoms with E-state index < -0.39 is 0 Å². The first-order valence-corrected chi connectivity index (χ1v) is 13.5. The molecule has 0 aromatic rings. The monoisotopic (exact) mass is 455 g/mol. The highest BCUT2D eigenvalue weighted by Gasteiger charge is 2.01. The molecular formula is C26H53N3O3. The van der Waals surface area contributed by atoms with Crippen LogP contribution in [0.3, 0.4) is 0 Å². The first-order chi connectivity index (χ1) is 15.7. The molecule has 0 aliphatic carbocycles. The van der Waals surface area contributed by atoms with Crippen LogP contribution < -0.4 is 16.0 Å². The van der Waals surface area contributed by atoms with Crippen LogP contribution in [0.2, 0.25) is 0 Å². The number of rotatable bonds is 25. The summed E-state index contributed by atoms with van der Waals surface area (Å²) in [6.45, 7) is 5.95. The van der Waals surface area contributed by atoms with Crippen molar-refractivity contribution in [3.63, 3.8) is 0 Å². The Morgan fingerprint density at radius 2 is 1.00 bits per heavy atom. The van der Waals surface area contributed by atoms with Crippen LogP contribution in [0, 0.1) is 0 Å². The van der Waals surface area contributed by atoms with Gasteiger partial charge in [-0.25, -0.2) is 0 Å². The van der Waals surface area contributed by atoms with Crippen molar-refractivity contribution in [1.29, 1.82) is 0 Å². The van der Waals surface area contributed by atoms with Crippen LogP contribution in [0.5, 0.6) is 0 Å². The van der Waals surface area contributed by atoms with E-state index in [4.69, 9.17) is 0 Å². The average Bonchev–Trinajstić information content (AvgIpc) is 2.80. The SMILES string of the molecule is CCCCCCCCCCCCCCCCCC(=O)NCCNCCNCCC(=O)OC. The van der Waals surface area contributed by atoms with E-state index >= 15 is 0 Å². The largest absolute Gasteiger partial charge is 0.469 e. The van der Waals surface area contributed by atoms with Crippen LogP contribution in [-0.2, 0) is 14.3 Å². The van der Waals surface area contributed by atoms with Crippen molar-refractivity contribution in [3.8, 4) is 0 Å². The standard InChI is InChI=1S/C26H53N3O3/c1-3-4-5-6-7-8-9-10-11-12-13-14-15-16-17-18-25(30)29-24-23-28-22-21-27-20-19-26(31)32-2/h27-28H,3-24H2,1-2H3,(H,29,30). The number of carbonyl (C=O) groups is 2. The molecule has 0 aromatic carbocycles. The van der Waals surface area contributed by atoms with Crippen molar-refractivity contribution >= 4 is 11.9 Å². The van der Waals surface area contributed by atoms with Gasteiger partial charge in [-0.05, 0) is 6.42 Å². The topological polar surface area (TPSA) is 79.5 Å². The van der Waals surface area contributed by atoms with E-state index in [9.17, 15) is 9.59 Å². The molecule has 32 heavy (non-hydrogen) atoms. The summed E-state index contributed by atoms with van der Waals surface area (Å²) in [6.07, 6.45) is 21.2. The van der Waals surface area contributed by atoms with E-state index in [0.29, 0.717) is 25.9 Å². The maximum Gasteiger partial charge on any atom is 0.306 e. The first kappa shape index (κ1) is 30.9. The third-order valence-corrected chi connectivity index (χ3v) is 5.84. The van der Waals surface area contributed by atoms with Crippen molar-refractivity contribution in [3.05, 3.63) is 0 Å². The van der Waals surface area contributed by atoms with Crippen LogP contribution in [0.15, 0.2) is 0 Å². The second-order valence-corrected chi connectivity index (χ2v) is 8.88. The van der Waals surface area contributed by atoms with Crippen molar-refractivity contribution in [2.45, 2.75) is 116 Å². The molecule has 3 N–H and O–H groups in total. The van der Waals surface area contributed by atoms with Crippen molar-refractivity contribution < 1.29 is 14.3 Å². The maximum absolute atomic E-state index is 11.8. The van der Waals surface area contributed by atoms with Crippen LogP contribution in [-0.4, -0.2) is 51.7 Å². The molecule has 0 aliphatic rings. The summed E-state index contributed by atoms with van der Waals surface area (Å²) in [4.78, 5) is 22.8. The number of methoxy groups -OCH3 is 1. The molecule has 0 aliphatic heterocycles. The van der Waals surface area contributed by atoms with E-state index in [1.54, 1.807) is 0 Å². The second-order valence-electron chi connectivity index (χ2n) is 8.88. The molecule has 0 heterocycles. The fourth-order valence-corrected chi connectivity index (χ4v) is 3.75. The lowest BCUT2D eigenvalue weighted by atomic mass is 10.0. The Morgan fingerprint density at radius 3 is 1.50 bits per heavy atom. The van der Waals surface area contributed by atoms with Gasteiger partial charge in [-0.3, -0.25) is 9.59 Å². The van der Waals surface area contributed by atoms with Gasteiger partial charge in [0.1, 0.15) is 0 Å². The fourth-order valence-electron chi connectivity index (χ4n) is 3.75. The molecule has 6 heteroatoms. The van der Waals surface area contributed by atoms with Crippen LogP contribution in [0.4, 0.5) is 0 Å². The Labute approximate surface area is 198 Å². The van der Waals surface area contributed by atoms with Crippen LogP contribution in [0.25, 0.3) is 0 Å². The summed E-state index contributed by atoms with van der Waals surface area (Å²) < 4.78 is 4.58. The zero-order valence-electron chi connectivity index (χ0n) is 21.3. The summed E-state index contributed by atoms with van der Waals surface area (Å²) in [5.74, 6) is -0.0278. The zero-order valence-corrected chi connectivity index (χ0v) is 21.3. The Hall–Kier alpha value is -1.14. The normalized spacial score (nSPS) is 10.9. The summed E-state index contributed by atoms with van der Waals surface area (Å²) in [5, 5.41) is 9.42. The first-order valence-electron chi connectivity index (χ1n) is 13.5. The average molecular weight is 456 g/mol. The predicted octanol–water partition coefficient (Wildman–Crippen LogP) is 5.11. The lowest BCUT2D eigenvalue weighted by molar-refractivity contribution is -0.140. The summed E-state index contributed by atoms with van der Waals surface area (Å²) in [5.41, 5.74) is 0. The lowest BCUT2D eigenvalue weighted by Crippen LogP contribution is -2.35. The third-order valence-electron chi connectivity index (χ3n) is 5.84. The van der Waals surface area contributed by atoms with E-state index in [-0.39, 0.29) is 11.9 Å². The highest BCUT2D eigenvalue weighted by Crippen LogP contribution is 2.13. The van der Waals surface area contributed by atoms with E-state index in [0.717, 1.165) is 26.1 Å². The van der Waals surface area contributed by atoms with Gasteiger partial charge < -0.3 is 20.7 Å². The number of amides is 1. The van der Waals surface area contributed by atoms with E-state index in [2.05, 4.69) is 27.6 Å². The van der Waals surface area contributed by atoms with E-state index in [1.165, 1.54) is 97.0 Å². The molecule has 1 amide bonds. The van der Waals surface area contributed by atoms with Crippen molar-refractivity contribution in [2.24, 2.45) is 0 Å². The number of hydrogen-bond acceptors (Lipinski definition) is 5. The van der Waals surface area contributed by atoms with Gasteiger partial charge in [-0.2, -0.15) is 0 Å². The molecule has 0 saturated heterocycles. The minimum Gasteiger partial charge on any atom is -0.469 e. The van der Waals surface area contributed by atoms with Gasteiger partial charge >= 0.3 is 5.97 Å². The Bertz CT molecular complexity index is 419. The van der Waals surface area contributed by atoms with Crippen molar-refractivity contribution in [1.82, 2.24) is 16.0 Å². The molecule has 0 atom stereocenters. The number of ether oxygens (including phenoxy) is 1. The van der Waals surface area contributed by atoms with Crippen LogP contribution in [0.1, 0.15) is 116 Å². The molecule has 0 fully saturated rings. The second kappa shape index (κ2) is 26.1. The summed E-state index contributed by atoms with van der Waals surface area (Å²) >= 11 is 0. The van der Waals surface area contributed by atoms with E-state index in [1.807, 2.05) is 0 Å². The Morgan fingerprint density at radius 1 is 0.562 bits per heavy atom. The Kier molecular flexibility index (Phi) is 25.2. The molecule has 0 unspecified atom stereocenters. The van der Waals surface area contributed by atoms with Gasteiger partial charge in [0.15, 0.2) is 0 Å². The van der Waals surface area contributed by atoms with Crippen molar-refractivity contribution in [2.75, 3.05) is 39.8 Å². The minimum atomic E-state index is -0.192. The number of unbranched alkanes of at least 4 members (excludes halogenated alkanes) is 14. The van der Waals surface area contributed by atoms with Gasteiger partial charge in [0.2, 0.25) is 5.91 Å². The number of esters is 1. The molecule has 6 nitrogen and oxygen atoms in total. The Balaban J connectivity index is 3.17. The van der Waals surface area contributed by atoms with Gasteiger partial charge in [-0.15, -0.1) is 0 Å². The van der Waals surface area contributed by atoms with Gasteiger partial charge in [0.05, 0.1) is 13.5 Å². The smallest absolute Gasteiger partial charge is 0.306 e. The summed E-state index contributed by atoms with van der Waals surface area (Å²) in [7, 11) is 1.40. The highest BCUT2D eigenvalue weighted by molar-refractivity contribution is 5.75. The molecule has 0 bridgehead atoms. The van der Waals surface area contributed by atoms with Gasteiger partial charge in [-0.1, -0.05) is 96.8 Å². The number of carbonyl (C=O) groups excluding carboxylic acids is 2. The molecule has 190 valence electrons. The minimum absolute atomic E-state index is 0.165. The highest BCUT2D eigenvalue weighted by atomic mass is 16.5. The quantitative estimate of drug-likeness (QED) is 0.132. The maximum atomic E-state index is 11.8. The fraction of sp³-hybridized carbons (Fsp3) is 0.923. The lowest BCUT2D eigenvalue weighted by Gasteiger charge is -2.08. The van der Waals surface area contributed by atoms with Gasteiger partial charge in [0.25, 0.3) is 0 Å². The molecule has 0 aromatic heterocycles. The third kappa shape index (κ3) is 25.1. The molecule has 0 rings (SSSR count). The molecular weight excluding hydrogens is 402 g/mol. The summed E-state index contributed by atoms with van der Waals surface area (Å²) in [6, 6.07) is 0. The molecule has 0 saturated carbocycles. The number of hydrogen-bond donors (Lipinski definition) is 3. The number of nitrogens with one attached hydrogen (secondary N) is 3. The van der Waals surface area contributed by atoms with Crippen LogP contribution >= 0.6 is 0 Å². The predicted molar refractivity (Wildman–Crippen MR) is 135 cm³/mol.